The molecule has 2 rings (SSSR count). The fraction of sp³-hybridized carbons (Fsp3) is 0.333. The van der Waals surface area contributed by atoms with Crippen LogP contribution in [0.4, 0.5) is 0 Å². The molecule has 0 aliphatic rings. The first-order chi connectivity index (χ1) is 9.22. The maximum atomic E-state index is 12.0. The molecule has 1 heterocycles. The molecule has 0 amide bonds. The molecule has 0 unspecified atom stereocenters. The van der Waals surface area contributed by atoms with Crippen molar-refractivity contribution in [2.75, 3.05) is 5.88 Å². The fourth-order valence-corrected chi connectivity index (χ4v) is 2.21. The molecule has 0 bridgehead atoms. The van der Waals surface area contributed by atoms with Crippen LogP contribution in [0.25, 0.3) is 11.3 Å². The van der Waals surface area contributed by atoms with Crippen molar-refractivity contribution >= 4 is 11.6 Å². The molecule has 0 radical (unpaired) electrons. The molecule has 0 N–H and O–H groups in total. The molecular formula is C15H17ClN2O. The highest BCUT2D eigenvalue weighted by Gasteiger charge is 2.07. The Morgan fingerprint density at radius 2 is 1.95 bits per heavy atom. The number of hydrogen-bond donors (Lipinski definition) is 0. The zero-order chi connectivity index (χ0) is 13.7. The van der Waals surface area contributed by atoms with Crippen molar-refractivity contribution in [3.8, 4) is 11.3 Å². The Morgan fingerprint density at radius 1 is 1.21 bits per heavy atom. The SMILES string of the molecule is Cc1cn(CCCCCl)c(=O)nc1-c1ccccc1. The van der Waals surface area contributed by atoms with Crippen molar-refractivity contribution < 1.29 is 0 Å². The van der Waals surface area contributed by atoms with Crippen LogP contribution in [0.15, 0.2) is 41.3 Å². The summed E-state index contributed by atoms with van der Waals surface area (Å²) in [5.41, 5.74) is 2.56. The first kappa shape index (κ1) is 13.8. The van der Waals surface area contributed by atoms with Crippen molar-refractivity contribution in [1.29, 1.82) is 0 Å². The van der Waals surface area contributed by atoms with Gasteiger partial charge in [0.2, 0.25) is 0 Å². The maximum absolute atomic E-state index is 12.0. The molecule has 3 nitrogen and oxygen atoms in total. The molecule has 0 spiro atoms. The highest BCUT2D eigenvalue weighted by molar-refractivity contribution is 6.17. The standard InChI is InChI=1S/C15H17ClN2O/c1-12-11-18(10-6-5-9-16)15(19)17-14(12)13-7-3-2-4-8-13/h2-4,7-8,11H,5-6,9-10H2,1H3. The van der Waals surface area contributed by atoms with E-state index in [1.54, 1.807) is 4.57 Å². The highest BCUT2D eigenvalue weighted by Crippen LogP contribution is 2.18. The second kappa shape index (κ2) is 6.53. The van der Waals surface area contributed by atoms with E-state index in [4.69, 9.17) is 11.6 Å². The summed E-state index contributed by atoms with van der Waals surface area (Å²) in [6.07, 6.45) is 3.69. The average Bonchev–Trinajstić information content (AvgIpc) is 2.43. The number of unbranched alkanes of at least 4 members (excludes halogenated alkanes) is 1. The lowest BCUT2D eigenvalue weighted by atomic mass is 10.1. The Kier molecular flexibility index (Phi) is 4.74. The summed E-state index contributed by atoms with van der Waals surface area (Å²) in [6.45, 7) is 2.65. The van der Waals surface area contributed by atoms with E-state index in [9.17, 15) is 4.79 Å². The molecule has 19 heavy (non-hydrogen) atoms. The smallest absolute Gasteiger partial charge is 0.299 e. The lowest BCUT2D eigenvalue weighted by molar-refractivity contribution is 0.599. The van der Waals surface area contributed by atoms with Crippen LogP contribution in [0.1, 0.15) is 18.4 Å². The number of rotatable bonds is 5. The van der Waals surface area contributed by atoms with Gasteiger partial charge in [-0.25, -0.2) is 4.79 Å². The van der Waals surface area contributed by atoms with Crippen molar-refractivity contribution in [2.24, 2.45) is 0 Å². The molecule has 4 heteroatoms. The van der Waals surface area contributed by atoms with Gasteiger partial charge in [-0.2, -0.15) is 4.98 Å². The maximum Gasteiger partial charge on any atom is 0.348 e. The van der Waals surface area contributed by atoms with E-state index in [2.05, 4.69) is 4.98 Å². The largest absolute Gasteiger partial charge is 0.348 e. The number of hydrogen-bond acceptors (Lipinski definition) is 2. The molecule has 1 aromatic carbocycles. The van der Waals surface area contributed by atoms with Gasteiger partial charge in [0, 0.05) is 24.2 Å². The van der Waals surface area contributed by atoms with Crippen LogP contribution in [0.5, 0.6) is 0 Å². The minimum Gasteiger partial charge on any atom is -0.299 e. The molecule has 0 atom stereocenters. The van der Waals surface area contributed by atoms with Gasteiger partial charge in [-0.1, -0.05) is 30.3 Å². The van der Waals surface area contributed by atoms with E-state index in [-0.39, 0.29) is 5.69 Å². The summed E-state index contributed by atoms with van der Waals surface area (Å²) < 4.78 is 1.66. The fourth-order valence-electron chi connectivity index (χ4n) is 2.02. The minimum atomic E-state index is -0.195. The summed E-state index contributed by atoms with van der Waals surface area (Å²) in [5.74, 6) is 0.628. The van der Waals surface area contributed by atoms with E-state index in [0.717, 1.165) is 29.7 Å². The van der Waals surface area contributed by atoms with Crippen LogP contribution in [0, 0.1) is 6.92 Å². The predicted octanol–water partition coefficient (Wildman–Crippen LogP) is 3.24. The van der Waals surface area contributed by atoms with Crippen LogP contribution in [0.2, 0.25) is 0 Å². The Bertz CT molecular complexity index is 593. The monoisotopic (exact) mass is 276 g/mol. The van der Waals surface area contributed by atoms with Crippen LogP contribution in [-0.2, 0) is 6.54 Å². The third kappa shape index (κ3) is 3.44. The third-order valence-corrected chi connectivity index (χ3v) is 3.27. The van der Waals surface area contributed by atoms with Gasteiger partial charge < -0.3 is 0 Å². The molecular weight excluding hydrogens is 260 g/mol. The summed E-state index contributed by atoms with van der Waals surface area (Å²) in [7, 11) is 0. The molecule has 2 aromatic rings. The lowest BCUT2D eigenvalue weighted by Crippen LogP contribution is -2.24. The summed E-state index contributed by atoms with van der Waals surface area (Å²) in [5, 5.41) is 0. The summed E-state index contributed by atoms with van der Waals surface area (Å²) in [6, 6.07) is 9.77. The first-order valence-electron chi connectivity index (χ1n) is 6.42. The van der Waals surface area contributed by atoms with Crippen LogP contribution >= 0.6 is 11.6 Å². The molecule has 0 aliphatic heterocycles. The number of alkyl halides is 1. The van der Waals surface area contributed by atoms with Gasteiger partial charge >= 0.3 is 5.69 Å². The van der Waals surface area contributed by atoms with Crippen LogP contribution in [-0.4, -0.2) is 15.4 Å². The van der Waals surface area contributed by atoms with Crippen molar-refractivity contribution in [2.45, 2.75) is 26.3 Å². The number of benzene rings is 1. The zero-order valence-corrected chi connectivity index (χ0v) is 11.7. The van der Waals surface area contributed by atoms with E-state index in [1.807, 2.05) is 43.5 Å². The third-order valence-electron chi connectivity index (χ3n) is 3.01. The molecule has 100 valence electrons. The molecule has 1 aromatic heterocycles. The quantitative estimate of drug-likeness (QED) is 0.621. The number of halogens is 1. The van der Waals surface area contributed by atoms with E-state index in [0.29, 0.717) is 12.4 Å². The Morgan fingerprint density at radius 3 is 2.63 bits per heavy atom. The van der Waals surface area contributed by atoms with Crippen molar-refractivity contribution in [1.82, 2.24) is 9.55 Å². The number of aryl methyl sites for hydroxylation is 2. The second-order valence-corrected chi connectivity index (χ2v) is 4.89. The van der Waals surface area contributed by atoms with E-state index < -0.39 is 0 Å². The van der Waals surface area contributed by atoms with Gasteiger partial charge in [0.25, 0.3) is 0 Å². The normalized spacial score (nSPS) is 10.6. The highest BCUT2D eigenvalue weighted by atomic mass is 35.5. The topological polar surface area (TPSA) is 34.9 Å². The van der Waals surface area contributed by atoms with Crippen LogP contribution < -0.4 is 5.69 Å². The second-order valence-electron chi connectivity index (χ2n) is 4.51. The summed E-state index contributed by atoms with van der Waals surface area (Å²) in [4.78, 5) is 16.2. The number of nitrogens with zero attached hydrogens (tertiary/aromatic N) is 2. The molecule has 0 aliphatic carbocycles. The molecule has 0 fully saturated rings. The van der Waals surface area contributed by atoms with Gasteiger partial charge in [-0.05, 0) is 25.3 Å². The van der Waals surface area contributed by atoms with Gasteiger partial charge in [0.15, 0.2) is 0 Å². The van der Waals surface area contributed by atoms with Gasteiger partial charge in [-0.15, -0.1) is 11.6 Å². The summed E-state index contributed by atoms with van der Waals surface area (Å²) >= 11 is 5.64. The first-order valence-corrected chi connectivity index (χ1v) is 6.95. The molecule has 0 saturated heterocycles. The minimum absolute atomic E-state index is 0.195. The zero-order valence-electron chi connectivity index (χ0n) is 11.0. The Hall–Kier alpha value is -1.61. The number of aromatic nitrogens is 2. The lowest BCUT2D eigenvalue weighted by Gasteiger charge is -2.09. The van der Waals surface area contributed by atoms with Crippen molar-refractivity contribution in [3.63, 3.8) is 0 Å². The molecule has 0 saturated carbocycles. The van der Waals surface area contributed by atoms with Gasteiger partial charge in [0.1, 0.15) is 0 Å². The Labute approximate surface area is 117 Å². The van der Waals surface area contributed by atoms with Gasteiger partial charge in [0.05, 0.1) is 5.69 Å². The average molecular weight is 277 g/mol. The predicted molar refractivity (Wildman–Crippen MR) is 78.6 cm³/mol. The van der Waals surface area contributed by atoms with Gasteiger partial charge in [-0.3, -0.25) is 4.57 Å². The Balaban J connectivity index is 2.30. The van der Waals surface area contributed by atoms with E-state index in [1.165, 1.54) is 0 Å². The van der Waals surface area contributed by atoms with E-state index >= 15 is 0 Å². The van der Waals surface area contributed by atoms with Crippen molar-refractivity contribution in [3.05, 3.63) is 52.6 Å². The van der Waals surface area contributed by atoms with Crippen LogP contribution in [0.3, 0.4) is 0 Å².